The molecule has 3 atom stereocenters. The summed E-state index contributed by atoms with van der Waals surface area (Å²) in [5.74, 6) is 2.72. The van der Waals surface area contributed by atoms with Crippen LogP contribution in [0.1, 0.15) is 62.1 Å². The molecular weight excluding hydrogens is 422 g/mol. The largest absolute Gasteiger partial charge is 0.356 e. The number of fused-ring (bicyclic) bond motifs is 5. The van der Waals surface area contributed by atoms with Crippen molar-refractivity contribution < 1.29 is 0 Å². The van der Waals surface area contributed by atoms with E-state index in [1.54, 1.807) is 5.56 Å². The number of nitrogens with one attached hydrogen (secondary N) is 1. The second-order valence-corrected chi connectivity index (χ2v) is 11.5. The van der Waals surface area contributed by atoms with Gasteiger partial charge >= 0.3 is 0 Å². The Balaban J connectivity index is 1.13. The Hall–Kier alpha value is -3.32. The van der Waals surface area contributed by atoms with E-state index in [2.05, 4.69) is 110 Å². The van der Waals surface area contributed by atoms with Crippen molar-refractivity contribution in [2.24, 2.45) is 11.8 Å². The molecule has 4 aromatic carbocycles. The fourth-order valence-electron chi connectivity index (χ4n) is 7.30. The van der Waals surface area contributed by atoms with Crippen LogP contribution in [-0.2, 0) is 5.41 Å². The van der Waals surface area contributed by atoms with Crippen molar-refractivity contribution in [3.05, 3.63) is 108 Å². The molecule has 0 spiro atoms. The molecule has 1 nitrogen and oxygen atoms in total. The third-order valence-electron chi connectivity index (χ3n) is 9.14. The van der Waals surface area contributed by atoms with E-state index in [0.29, 0.717) is 0 Å². The predicted octanol–water partition coefficient (Wildman–Crippen LogP) is 9.31. The summed E-state index contributed by atoms with van der Waals surface area (Å²) in [6.45, 7) is 4.67. The van der Waals surface area contributed by atoms with Crippen LogP contribution in [0, 0.1) is 11.8 Å². The molecule has 0 radical (unpaired) electrons. The monoisotopic (exact) mass is 455 g/mol. The van der Waals surface area contributed by atoms with Gasteiger partial charge in [0.05, 0.1) is 0 Å². The number of hydrogen-bond acceptors (Lipinski definition) is 1. The van der Waals surface area contributed by atoms with Gasteiger partial charge in [0.1, 0.15) is 0 Å². The molecule has 0 aromatic heterocycles. The lowest BCUT2D eigenvalue weighted by molar-refractivity contribution is 0.420. The normalized spacial score (nSPS) is 23.2. The van der Waals surface area contributed by atoms with Crippen molar-refractivity contribution in [1.82, 2.24) is 0 Å². The second-order valence-electron chi connectivity index (χ2n) is 11.5. The molecule has 2 bridgehead atoms. The summed E-state index contributed by atoms with van der Waals surface area (Å²) >= 11 is 0. The zero-order valence-corrected chi connectivity index (χ0v) is 20.7. The van der Waals surface area contributed by atoms with Gasteiger partial charge in [-0.1, -0.05) is 87.0 Å². The quantitative estimate of drug-likeness (QED) is 0.323. The molecule has 4 aromatic rings. The Labute approximate surface area is 209 Å². The van der Waals surface area contributed by atoms with Crippen LogP contribution in [0.25, 0.3) is 22.3 Å². The van der Waals surface area contributed by atoms with Gasteiger partial charge in [0.25, 0.3) is 0 Å². The molecule has 0 amide bonds. The Kier molecular flexibility index (Phi) is 4.71. The zero-order chi connectivity index (χ0) is 23.6. The molecule has 3 aliphatic rings. The van der Waals surface area contributed by atoms with E-state index in [9.17, 15) is 0 Å². The van der Waals surface area contributed by atoms with Gasteiger partial charge in [0.2, 0.25) is 0 Å². The van der Waals surface area contributed by atoms with Crippen LogP contribution >= 0.6 is 0 Å². The molecule has 0 heterocycles. The molecule has 0 aliphatic heterocycles. The second kappa shape index (κ2) is 7.85. The minimum atomic E-state index is 0.0199. The number of anilines is 2. The standard InChI is InChI=1S/C34H33N/c1-34(2)32-9-4-3-8-29(32)30-17-16-28(21-33(30)34)35-27-7-5-6-25(20-27)23-12-14-24(15-13-23)31-19-22-10-11-26(31)18-22/h3-9,12-17,20-22,26,31,35H,10-11,18-19H2,1-2H3. The first kappa shape index (κ1) is 21.0. The van der Waals surface area contributed by atoms with Gasteiger partial charge in [-0.05, 0) is 100 Å². The van der Waals surface area contributed by atoms with Crippen LogP contribution in [-0.4, -0.2) is 0 Å². The molecule has 2 saturated carbocycles. The first-order valence-corrected chi connectivity index (χ1v) is 13.3. The highest BCUT2D eigenvalue weighted by Crippen LogP contribution is 2.53. The number of rotatable bonds is 4. The fourth-order valence-corrected chi connectivity index (χ4v) is 7.30. The SMILES string of the molecule is CC1(C)c2ccccc2-c2ccc(Nc3cccc(-c4ccc(C5CC6CCC5C6)cc4)c3)cc21. The first-order chi connectivity index (χ1) is 17.1. The maximum Gasteiger partial charge on any atom is 0.0390 e. The van der Waals surface area contributed by atoms with Crippen LogP contribution in [0.5, 0.6) is 0 Å². The van der Waals surface area contributed by atoms with Crippen molar-refractivity contribution in [1.29, 1.82) is 0 Å². The smallest absolute Gasteiger partial charge is 0.0390 e. The number of hydrogen-bond donors (Lipinski definition) is 1. The van der Waals surface area contributed by atoms with Gasteiger partial charge in [0, 0.05) is 16.8 Å². The lowest BCUT2D eigenvalue weighted by Crippen LogP contribution is -2.15. The van der Waals surface area contributed by atoms with Gasteiger partial charge in [0.15, 0.2) is 0 Å². The molecule has 35 heavy (non-hydrogen) atoms. The van der Waals surface area contributed by atoms with Crippen LogP contribution in [0.2, 0.25) is 0 Å². The van der Waals surface area contributed by atoms with Crippen molar-refractivity contribution >= 4 is 11.4 Å². The van der Waals surface area contributed by atoms with E-state index >= 15 is 0 Å². The van der Waals surface area contributed by atoms with Crippen molar-refractivity contribution in [2.45, 2.75) is 50.9 Å². The van der Waals surface area contributed by atoms with Crippen LogP contribution < -0.4 is 5.32 Å². The van der Waals surface area contributed by atoms with Crippen LogP contribution in [0.4, 0.5) is 11.4 Å². The molecule has 1 heteroatoms. The van der Waals surface area contributed by atoms with Gasteiger partial charge in [-0.25, -0.2) is 0 Å². The lowest BCUT2D eigenvalue weighted by atomic mass is 9.82. The van der Waals surface area contributed by atoms with E-state index in [4.69, 9.17) is 0 Å². The zero-order valence-electron chi connectivity index (χ0n) is 20.7. The van der Waals surface area contributed by atoms with Gasteiger partial charge in [-0.15, -0.1) is 0 Å². The third-order valence-corrected chi connectivity index (χ3v) is 9.14. The molecule has 174 valence electrons. The molecule has 2 fully saturated rings. The third kappa shape index (κ3) is 3.44. The summed E-state index contributed by atoms with van der Waals surface area (Å²) in [6, 6.07) is 33.9. The molecule has 3 unspecified atom stereocenters. The fraction of sp³-hybridized carbons (Fsp3) is 0.294. The van der Waals surface area contributed by atoms with Crippen molar-refractivity contribution in [2.75, 3.05) is 5.32 Å². The maximum atomic E-state index is 3.68. The van der Waals surface area contributed by atoms with E-state index in [1.165, 1.54) is 59.1 Å². The van der Waals surface area contributed by atoms with E-state index in [1.807, 2.05) is 0 Å². The highest BCUT2D eigenvalue weighted by molar-refractivity contribution is 5.83. The topological polar surface area (TPSA) is 12.0 Å². The van der Waals surface area contributed by atoms with E-state index in [0.717, 1.165) is 29.1 Å². The average molecular weight is 456 g/mol. The Morgan fingerprint density at radius 3 is 2.26 bits per heavy atom. The van der Waals surface area contributed by atoms with E-state index in [-0.39, 0.29) is 5.41 Å². The van der Waals surface area contributed by atoms with Gasteiger partial charge < -0.3 is 5.32 Å². The number of benzene rings is 4. The summed E-state index contributed by atoms with van der Waals surface area (Å²) in [4.78, 5) is 0. The molecule has 1 N–H and O–H groups in total. The summed E-state index contributed by atoms with van der Waals surface area (Å²) < 4.78 is 0. The lowest BCUT2D eigenvalue weighted by Gasteiger charge is -2.22. The molecule has 0 saturated heterocycles. The highest BCUT2D eigenvalue weighted by atomic mass is 14.9. The van der Waals surface area contributed by atoms with Gasteiger partial charge in [-0.3, -0.25) is 0 Å². The average Bonchev–Trinajstić information content (AvgIpc) is 3.58. The summed E-state index contributed by atoms with van der Waals surface area (Å²) in [5.41, 5.74) is 12.0. The van der Waals surface area contributed by atoms with Crippen molar-refractivity contribution in [3.8, 4) is 22.3 Å². The minimum absolute atomic E-state index is 0.0199. The maximum absolute atomic E-state index is 3.68. The molecular formula is C34H33N. The predicted molar refractivity (Wildman–Crippen MR) is 147 cm³/mol. The van der Waals surface area contributed by atoms with Crippen LogP contribution in [0.15, 0.2) is 91.0 Å². The van der Waals surface area contributed by atoms with Gasteiger partial charge in [-0.2, -0.15) is 0 Å². The first-order valence-electron chi connectivity index (χ1n) is 13.3. The summed E-state index contributed by atoms with van der Waals surface area (Å²) in [7, 11) is 0. The minimum Gasteiger partial charge on any atom is -0.356 e. The Morgan fingerprint density at radius 2 is 1.46 bits per heavy atom. The summed E-state index contributed by atoms with van der Waals surface area (Å²) in [6.07, 6.45) is 5.78. The van der Waals surface area contributed by atoms with E-state index < -0.39 is 0 Å². The van der Waals surface area contributed by atoms with Crippen LogP contribution in [0.3, 0.4) is 0 Å². The highest BCUT2D eigenvalue weighted by Gasteiger charge is 2.40. The molecule has 7 rings (SSSR count). The molecule has 3 aliphatic carbocycles. The Morgan fingerprint density at radius 1 is 0.657 bits per heavy atom. The van der Waals surface area contributed by atoms with Crippen molar-refractivity contribution in [3.63, 3.8) is 0 Å². The Bertz CT molecular complexity index is 1410. The summed E-state index contributed by atoms with van der Waals surface area (Å²) in [5, 5.41) is 3.68.